The van der Waals surface area contributed by atoms with Crippen LogP contribution in [0.5, 0.6) is 11.5 Å². The summed E-state index contributed by atoms with van der Waals surface area (Å²) in [5.41, 5.74) is 0. The predicted molar refractivity (Wildman–Crippen MR) is 48.6 cm³/mol. The summed E-state index contributed by atoms with van der Waals surface area (Å²) in [6.07, 6.45) is 0. The van der Waals surface area contributed by atoms with Gasteiger partial charge in [-0.25, -0.2) is 0 Å². The number of fused-ring (bicyclic) bond motifs is 1. The maximum atomic E-state index is 10.6. The van der Waals surface area contributed by atoms with Crippen LogP contribution in [0.3, 0.4) is 0 Å². The van der Waals surface area contributed by atoms with E-state index in [0.717, 1.165) is 0 Å². The fourth-order valence-corrected chi connectivity index (χ4v) is 1.98. The first-order valence-corrected chi connectivity index (χ1v) is 4.64. The van der Waals surface area contributed by atoms with Crippen molar-refractivity contribution >= 4 is 21.3 Å². The van der Waals surface area contributed by atoms with Crippen molar-refractivity contribution in [3.63, 3.8) is 0 Å². The molecule has 0 aliphatic carbocycles. The topological polar surface area (TPSA) is 105 Å². The summed E-state index contributed by atoms with van der Waals surface area (Å²) in [6, 6.07) is 0. The molecular weight excluding hydrogens is 228 g/mol. The van der Waals surface area contributed by atoms with Gasteiger partial charge in [0.25, 0.3) is 11.5 Å². The van der Waals surface area contributed by atoms with Crippen molar-refractivity contribution in [1.29, 1.82) is 0 Å². The minimum atomic E-state index is -0.717. The van der Waals surface area contributed by atoms with Crippen molar-refractivity contribution in [2.75, 3.05) is 13.2 Å². The summed E-state index contributed by atoms with van der Waals surface area (Å²) in [7, 11) is 0. The second kappa shape index (κ2) is 3.35. The Kier molecular flexibility index (Phi) is 2.15. The SMILES string of the molecule is O=[N+]([O-])c1sc([N+](=O)[O-])c2c1OCCO2. The van der Waals surface area contributed by atoms with Gasteiger partial charge in [-0.1, -0.05) is 0 Å². The van der Waals surface area contributed by atoms with Crippen LogP contribution in [0.25, 0.3) is 0 Å². The van der Waals surface area contributed by atoms with Crippen LogP contribution >= 0.6 is 11.3 Å². The molecule has 0 unspecified atom stereocenters. The molecule has 0 fully saturated rings. The fraction of sp³-hybridized carbons (Fsp3) is 0.333. The van der Waals surface area contributed by atoms with Gasteiger partial charge in [0.2, 0.25) is 0 Å². The molecule has 80 valence electrons. The van der Waals surface area contributed by atoms with Crippen molar-refractivity contribution in [1.82, 2.24) is 0 Å². The molecule has 0 spiro atoms. The molecule has 2 heterocycles. The molecule has 0 N–H and O–H groups in total. The van der Waals surface area contributed by atoms with E-state index in [-0.39, 0.29) is 24.7 Å². The van der Waals surface area contributed by atoms with Crippen LogP contribution in [-0.4, -0.2) is 23.1 Å². The first-order valence-electron chi connectivity index (χ1n) is 3.82. The zero-order chi connectivity index (χ0) is 11.0. The van der Waals surface area contributed by atoms with E-state index in [9.17, 15) is 20.2 Å². The summed E-state index contributed by atoms with van der Waals surface area (Å²) in [6.45, 7) is 0.309. The van der Waals surface area contributed by atoms with Gasteiger partial charge in [0.05, 0.1) is 9.85 Å². The smallest absolute Gasteiger partial charge is 0.376 e. The number of rotatable bonds is 2. The van der Waals surface area contributed by atoms with Crippen LogP contribution in [0.1, 0.15) is 0 Å². The van der Waals surface area contributed by atoms with Crippen LogP contribution in [0.15, 0.2) is 0 Å². The molecule has 9 heteroatoms. The second-order valence-corrected chi connectivity index (χ2v) is 3.56. The summed E-state index contributed by atoms with van der Waals surface area (Å²) >= 11 is 0.443. The van der Waals surface area contributed by atoms with E-state index in [2.05, 4.69) is 0 Å². The van der Waals surface area contributed by atoms with Crippen LogP contribution in [0.4, 0.5) is 10.0 Å². The predicted octanol–water partition coefficient (Wildman–Crippen LogP) is 1.34. The summed E-state index contributed by atoms with van der Waals surface area (Å²) in [5.74, 6) is -0.272. The third kappa shape index (κ3) is 1.46. The quantitative estimate of drug-likeness (QED) is 0.562. The number of hydrogen-bond donors (Lipinski definition) is 0. The average Bonchev–Trinajstić information content (AvgIpc) is 2.56. The molecule has 2 rings (SSSR count). The summed E-state index contributed by atoms with van der Waals surface area (Å²) < 4.78 is 9.97. The number of nitrogens with zero attached hydrogens (tertiary/aromatic N) is 2. The second-order valence-electron chi connectivity index (χ2n) is 2.58. The largest absolute Gasteiger partial charge is 0.480 e. The van der Waals surface area contributed by atoms with Crippen molar-refractivity contribution in [3.05, 3.63) is 20.2 Å². The maximum absolute atomic E-state index is 10.6. The zero-order valence-corrected chi connectivity index (χ0v) is 7.98. The molecule has 0 bridgehead atoms. The van der Waals surface area contributed by atoms with Gasteiger partial charge in [-0.3, -0.25) is 20.2 Å². The fourth-order valence-electron chi connectivity index (χ4n) is 1.16. The van der Waals surface area contributed by atoms with Crippen LogP contribution in [0.2, 0.25) is 0 Å². The Labute approximate surface area is 86.3 Å². The minimum absolute atomic E-state index is 0.136. The molecule has 0 atom stereocenters. The first-order chi connectivity index (χ1) is 7.11. The van der Waals surface area contributed by atoms with Crippen molar-refractivity contribution < 1.29 is 19.3 Å². The van der Waals surface area contributed by atoms with Gasteiger partial charge in [-0.2, -0.15) is 0 Å². The first kappa shape index (κ1) is 9.65. The lowest BCUT2D eigenvalue weighted by molar-refractivity contribution is -0.383. The Hall–Kier alpha value is -1.90. The molecule has 0 aromatic carbocycles. The van der Waals surface area contributed by atoms with Crippen molar-refractivity contribution in [2.45, 2.75) is 0 Å². The van der Waals surface area contributed by atoms with E-state index in [1.807, 2.05) is 0 Å². The van der Waals surface area contributed by atoms with Crippen LogP contribution in [-0.2, 0) is 0 Å². The van der Waals surface area contributed by atoms with Gasteiger partial charge in [-0.05, 0) is 0 Å². The highest BCUT2D eigenvalue weighted by atomic mass is 32.1. The van der Waals surface area contributed by atoms with E-state index >= 15 is 0 Å². The normalized spacial score (nSPS) is 13.6. The summed E-state index contributed by atoms with van der Waals surface area (Å²) in [5, 5.41) is 20.3. The van der Waals surface area contributed by atoms with Gasteiger partial charge in [0.1, 0.15) is 13.2 Å². The number of ether oxygens (including phenoxy) is 2. The van der Waals surface area contributed by atoms with Gasteiger partial charge in [-0.15, -0.1) is 0 Å². The third-order valence-corrected chi connectivity index (χ3v) is 2.75. The molecule has 1 aromatic rings. The monoisotopic (exact) mass is 232 g/mol. The molecule has 15 heavy (non-hydrogen) atoms. The molecule has 8 nitrogen and oxygen atoms in total. The molecular formula is C6H4N2O6S. The molecule has 1 aliphatic rings. The highest BCUT2D eigenvalue weighted by Crippen LogP contribution is 2.53. The van der Waals surface area contributed by atoms with E-state index in [1.165, 1.54) is 0 Å². The number of hydrogen-bond acceptors (Lipinski definition) is 7. The number of thiophene rings is 1. The highest BCUT2D eigenvalue weighted by Gasteiger charge is 2.37. The molecule has 1 aromatic heterocycles. The highest BCUT2D eigenvalue weighted by molar-refractivity contribution is 7.19. The van der Waals surface area contributed by atoms with E-state index in [1.54, 1.807) is 0 Å². The summed E-state index contributed by atoms with van der Waals surface area (Å²) in [4.78, 5) is 19.7. The Morgan fingerprint density at radius 3 is 1.73 bits per heavy atom. The lowest BCUT2D eigenvalue weighted by Crippen LogP contribution is -2.15. The lowest BCUT2D eigenvalue weighted by Gasteiger charge is -2.12. The molecule has 0 radical (unpaired) electrons. The maximum Gasteiger partial charge on any atom is 0.376 e. The standard InChI is InChI=1S/C6H4N2O6S/c9-7(10)5-3-4(14-2-1-13-3)6(15-5)8(11)12/h1-2H2. The Balaban J connectivity index is 2.59. The Bertz CT molecular complexity index is 403. The van der Waals surface area contributed by atoms with Crippen molar-refractivity contribution in [2.24, 2.45) is 0 Å². The molecule has 1 aliphatic heterocycles. The van der Waals surface area contributed by atoms with Gasteiger partial charge < -0.3 is 9.47 Å². The third-order valence-electron chi connectivity index (χ3n) is 1.70. The number of nitro groups is 2. The van der Waals surface area contributed by atoms with Crippen molar-refractivity contribution in [3.8, 4) is 11.5 Å². The Morgan fingerprint density at radius 2 is 1.40 bits per heavy atom. The van der Waals surface area contributed by atoms with E-state index < -0.39 is 19.8 Å². The van der Waals surface area contributed by atoms with Gasteiger partial charge in [0.15, 0.2) is 0 Å². The molecule has 0 amide bonds. The lowest BCUT2D eigenvalue weighted by atomic mass is 10.4. The minimum Gasteiger partial charge on any atom is -0.480 e. The molecule has 0 saturated carbocycles. The average molecular weight is 232 g/mol. The Morgan fingerprint density at radius 1 is 1.00 bits per heavy atom. The van der Waals surface area contributed by atoms with Gasteiger partial charge in [0, 0.05) is 11.3 Å². The van der Waals surface area contributed by atoms with Crippen LogP contribution < -0.4 is 9.47 Å². The zero-order valence-electron chi connectivity index (χ0n) is 7.17. The van der Waals surface area contributed by atoms with E-state index in [0.29, 0.717) is 11.3 Å². The van der Waals surface area contributed by atoms with Crippen LogP contribution in [0, 0.1) is 20.2 Å². The van der Waals surface area contributed by atoms with E-state index in [4.69, 9.17) is 9.47 Å². The van der Waals surface area contributed by atoms with Gasteiger partial charge >= 0.3 is 10.0 Å². The molecule has 0 saturated heterocycles.